The van der Waals surface area contributed by atoms with E-state index in [1.54, 1.807) is 4.52 Å². The number of benzene rings is 2. The van der Waals surface area contributed by atoms with Crippen molar-refractivity contribution in [3.05, 3.63) is 83.0 Å². The molecule has 1 amide bonds. The summed E-state index contributed by atoms with van der Waals surface area (Å²) in [6, 6.07) is 18.8. The second-order valence-corrected chi connectivity index (χ2v) is 11.6. The van der Waals surface area contributed by atoms with E-state index in [-0.39, 0.29) is 11.4 Å². The third-order valence-corrected chi connectivity index (χ3v) is 8.79. The van der Waals surface area contributed by atoms with E-state index in [4.69, 9.17) is 22.3 Å². The van der Waals surface area contributed by atoms with Gasteiger partial charge >= 0.3 is 0 Å². The van der Waals surface area contributed by atoms with Gasteiger partial charge in [0.05, 0.1) is 11.3 Å². The van der Waals surface area contributed by atoms with Crippen molar-refractivity contribution in [3.63, 3.8) is 0 Å². The average Bonchev–Trinajstić information content (AvgIpc) is 3.23. The topological polar surface area (TPSA) is 112 Å². The molecule has 39 heavy (non-hydrogen) atoms. The van der Waals surface area contributed by atoms with Crippen molar-refractivity contribution in [1.82, 2.24) is 19.5 Å². The number of carbonyl (C=O) groups is 1. The highest BCUT2D eigenvalue weighted by Gasteiger charge is 2.58. The van der Waals surface area contributed by atoms with Crippen LogP contribution >= 0.6 is 11.6 Å². The molecule has 2 aliphatic heterocycles. The van der Waals surface area contributed by atoms with Gasteiger partial charge in [0.25, 0.3) is 5.91 Å². The highest BCUT2D eigenvalue weighted by molar-refractivity contribution is 6.30. The van der Waals surface area contributed by atoms with E-state index in [0.29, 0.717) is 54.9 Å². The molecule has 4 N–H and O–H groups in total. The molecule has 0 bridgehead atoms. The van der Waals surface area contributed by atoms with Crippen molar-refractivity contribution in [1.29, 1.82) is 0 Å². The fourth-order valence-electron chi connectivity index (χ4n) is 6.05. The van der Waals surface area contributed by atoms with Crippen molar-refractivity contribution in [2.24, 2.45) is 11.7 Å². The SMILES string of the molecule is N[C@]12C[C@H]1CN(C(=O)c1ccc(Nc3nc4c(N5CCC(O)(c6ccc(Cl)cc6)CC5)cccn4n3)cc1)C2. The largest absolute Gasteiger partial charge is 0.385 e. The summed E-state index contributed by atoms with van der Waals surface area (Å²) in [7, 11) is 0. The minimum atomic E-state index is -0.874. The summed E-state index contributed by atoms with van der Waals surface area (Å²) in [5, 5.41) is 19.8. The lowest BCUT2D eigenvalue weighted by atomic mass is 9.84. The number of aliphatic hydroxyl groups is 1. The van der Waals surface area contributed by atoms with Gasteiger partial charge in [0.1, 0.15) is 0 Å². The van der Waals surface area contributed by atoms with Crippen LogP contribution in [0.25, 0.3) is 5.65 Å². The number of piperidine rings is 2. The Hall–Kier alpha value is -3.66. The lowest BCUT2D eigenvalue weighted by Gasteiger charge is -2.39. The second kappa shape index (κ2) is 8.94. The van der Waals surface area contributed by atoms with E-state index >= 15 is 0 Å². The number of nitrogens with two attached hydrogens (primary N) is 1. The number of amides is 1. The summed E-state index contributed by atoms with van der Waals surface area (Å²) < 4.78 is 1.76. The zero-order valence-electron chi connectivity index (χ0n) is 21.4. The summed E-state index contributed by atoms with van der Waals surface area (Å²) >= 11 is 6.03. The maximum Gasteiger partial charge on any atom is 0.253 e. The fraction of sp³-hybridized carbons (Fsp3) is 0.345. The van der Waals surface area contributed by atoms with Crippen LogP contribution in [0.1, 0.15) is 35.2 Å². The van der Waals surface area contributed by atoms with Crippen LogP contribution in [0.3, 0.4) is 0 Å². The molecule has 4 heterocycles. The summed E-state index contributed by atoms with van der Waals surface area (Å²) in [5.74, 6) is 0.951. The molecule has 3 fully saturated rings. The second-order valence-electron chi connectivity index (χ2n) is 11.1. The number of nitrogens with one attached hydrogen (secondary N) is 1. The van der Waals surface area contributed by atoms with Crippen LogP contribution in [0.2, 0.25) is 5.02 Å². The molecule has 0 spiro atoms. The number of fused-ring (bicyclic) bond motifs is 2. The van der Waals surface area contributed by atoms with Gasteiger partial charge in [-0.15, -0.1) is 5.10 Å². The van der Waals surface area contributed by atoms with E-state index in [2.05, 4.69) is 15.3 Å². The number of likely N-dealkylation sites (tertiary alicyclic amines) is 1. The van der Waals surface area contributed by atoms with Gasteiger partial charge in [-0.2, -0.15) is 4.98 Å². The number of aromatic nitrogens is 3. The predicted molar refractivity (Wildman–Crippen MR) is 150 cm³/mol. The highest BCUT2D eigenvalue weighted by atomic mass is 35.5. The van der Waals surface area contributed by atoms with Gasteiger partial charge in [-0.25, -0.2) is 4.52 Å². The molecule has 1 saturated carbocycles. The first-order valence-corrected chi connectivity index (χ1v) is 13.7. The van der Waals surface area contributed by atoms with Crippen LogP contribution in [0, 0.1) is 5.92 Å². The van der Waals surface area contributed by atoms with E-state index in [1.807, 2.05) is 71.8 Å². The quantitative estimate of drug-likeness (QED) is 0.351. The van der Waals surface area contributed by atoms with Crippen molar-refractivity contribution in [3.8, 4) is 0 Å². The molecule has 2 atom stereocenters. The predicted octanol–water partition coefficient (Wildman–Crippen LogP) is 3.79. The van der Waals surface area contributed by atoms with Gasteiger partial charge in [-0.1, -0.05) is 23.7 Å². The Bertz CT molecular complexity index is 1550. The molecule has 10 heteroatoms. The number of hydrogen-bond acceptors (Lipinski definition) is 7. The lowest BCUT2D eigenvalue weighted by Crippen LogP contribution is -2.42. The minimum absolute atomic E-state index is 0.0264. The maximum absolute atomic E-state index is 12.9. The number of halogens is 1. The number of carbonyl (C=O) groups excluding carboxylic acids is 1. The lowest BCUT2D eigenvalue weighted by molar-refractivity contribution is 0.0118. The molecule has 2 saturated heterocycles. The Morgan fingerprint density at radius 3 is 2.51 bits per heavy atom. The Morgan fingerprint density at radius 1 is 1.08 bits per heavy atom. The van der Waals surface area contributed by atoms with Gasteiger partial charge in [-0.3, -0.25) is 4.79 Å². The third kappa shape index (κ3) is 4.40. The summed E-state index contributed by atoms with van der Waals surface area (Å²) in [5.41, 5.74) is 9.29. The van der Waals surface area contributed by atoms with E-state index in [9.17, 15) is 9.90 Å². The maximum atomic E-state index is 12.9. The van der Waals surface area contributed by atoms with E-state index in [1.165, 1.54) is 0 Å². The van der Waals surface area contributed by atoms with E-state index in [0.717, 1.165) is 35.6 Å². The van der Waals surface area contributed by atoms with Crippen LogP contribution in [0.4, 0.5) is 17.3 Å². The zero-order chi connectivity index (χ0) is 26.8. The molecule has 0 unspecified atom stereocenters. The molecule has 7 rings (SSSR count). The minimum Gasteiger partial charge on any atom is -0.385 e. The van der Waals surface area contributed by atoms with Crippen LogP contribution in [0.15, 0.2) is 66.9 Å². The smallest absolute Gasteiger partial charge is 0.253 e. The van der Waals surface area contributed by atoms with Crippen molar-refractivity contribution >= 4 is 40.5 Å². The molecular formula is C29H30ClN7O2. The van der Waals surface area contributed by atoms with Crippen molar-refractivity contribution < 1.29 is 9.90 Å². The first kappa shape index (κ1) is 24.4. The number of pyridine rings is 1. The molecule has 1 aliphatic carbocycles. The van der Waals surface area contributed by atoms with Crippen LogP contribution in [-0.4, -0.2) is 62.2 Å². The number of rotatable bonds is 5. The number of hydrogen-bond donors (Lipinski definition) is 3. The van der Waals surface area contributed by atoms with Gasteiger partial charge in [0, 0.05) is 54.2 Å². The first-order valence-electron chi connectivity index (χ1n) is 13.3. The first-order chi connectivity index (χ1) is 18.8. The van der Waals surface area contributed by atoms with Crippen LogP contribution in [-0.2, 0) is 5.60 Å². The summed E-state index contributed by atoms with van der Waals surface area (Å²) in [4.78, 5) is 21.7. The van der Waals surface area contributed by atoms with Crippen molar-refractivity contribution in [2.45, 2.75) is 30.4 Å². The Kier molecular flexibility index (Phi) is 5.59. The number of nitrogens with zero attached hydrogens (tertiary/aromatic N) is 5. The van der Waals surface area contributed by atoms with Gasteiger partial charge < -0.3 is 26.0 Å². The Morgan fingerprint density at radius 2 is 1.82 bits per heavy atom. The molecular weight excluding hydrogens is 514 g/mol. The standard InChI is InChI=1S/C29H30ClN7O2/c30-22-7-5-20(6-8-22)29(39)11-14-35(15-12-29)24-2-1-13-37-25(24)33-27(34-37)32-23-9-3-19(4-10-23)26(38)36-17-21-16-28(21,31)18-36/h1-10,13,21,39H,11-12,14-18,31H2,(H,32,34)/t21-,28-/m0/s1. The van der Waals surface area contributed by atoms with Gasteiger partial charge in [-0.05, 0) is 79.3 Å². The Labute approximate surface area is 231 Å². The average molecular weight is 544 g/mol. The van der Waals surface area contributed by atoms with Crippen LogP contribution < -0.4 is 16.0 Å². The molecule has 200 valence electrons. The Balaban J connectivity index is 1.04. The molecule has 9 nitrogen and oxygen atoms in total. The van der Waals surface area contributed by atoms with Crippen LogP contribution in [0.5, 0.6) is 0 Å². The fourth-order valence-corrected chi connectivity index (χ4v) is 6.17. The summed E-state index contributed by atoms with van der Waals surface area (Å²) in [6.07, 6.45) is 4.10. The number of anilines is 3. The molecule has 2 aromatic heterocycles. The molecule has 0 radical (unpaired) electrons. The van der Waals surface area contributed by atoms with Crippen molar-refractivity contribution in [2.75, 3.05) is 36.4 Å². The van der Waals surface area contributed by atoms with Gasteiger partial charge in [0.2, 0.25) is 5.95 Å². The summed E-state index contributed by atoms with van der Waals surface area (Å²) in [6.45, 7) is 2.77. The monoisotopic (exact) mass is 543 g/mol. The zero-order valence-corrected chi connectivity index (χ0v) is 22.2. The van der Waals surface area contributed by atoms with Gasteiger partial charge in [0.15, 0.2) is 5.65 Å². The third-order valence-electron chi connectivity index (χ3n) is 8.54. The molecule has 3 aliphatic rings. The molecule has 2 aromatic carbocycles. The molecule has 4 aromatic rings. The highest BCUT2D eigenvalue weighted by Crippen LogP contribution is 2.47. The normalized spacial score (nSPS) is 23.6. The van der Waals surface area contributed by atoms with E-state index < -0.39 is 5.60 Å².